The van der Waals surface area contributed by atoms with Crippen LogP contribution < -0.4 is 0 Å². The third kappa shape index (κ3) is 3.44. The number of carbonyl (C=O) groups excluding carboxylic acids is 1. The molecule has 2 heterocycles. The highest BCUT2D eigenvalue weighted by atomic mass is 32.2. The Morgan fingerprint density at radius 2 is 2.32 bits per heavy atom. The molecule has 1 aromatic heterocycles. The molecule has 1 aliphatic heterocycles. The van der Waals surface area contributed by atoms with Crippen molar-refractivity contribution >= 4 is 21.8 Å². The van der Waals surface area contributed by atoms with Gasteiger partial charge in [0.2, 0.25) is 5.91 Å². The molecule has 1 atom stereocenters. The average molecular weight is 283 g/mol. The van der Waals surface area contributed by atoms with E-state index in [1.54, 1.807) is 37.2 Å². The summed E-state index contributed by atoms with van der Waals surface area (Å²) in [5.74, 6) is 0.0448. The van der Waals surface area contributed by atoms with E-state index in [9.17, 15) is 13.2 Å². The first-order chi connectivity index (χ1) is 8.87. The van der Waals surface area contributed by atoms with Crippen LogP contribution in [0.15, 0.2) is 18.5 Å². The molecule has 1 amide bonds. The minimum atomic E-state index is -2.97. The third-order valence-corrected chi connectivity index (χ3v) is 5.00. The zero-order valence-electron chi connectivity index (χ0n) is 11.0. The molecule has 0 spiro atoms. The fourth-order valence-electron chi connectivity index (χ4n) is 2.07. The molecule has 6 nitrogen and oxygen atoms in total. The monoisotopic (exact) mass is 283 g/mol. The van der Waals surface area contributed by atoms with Gasteiger partial charge in [0.05, 0.1) is 17.7 Å². The Hall–Kier alpha value is -1.63. The van der Waals surface area contributed by atoms with Crippen molar-refractivity contribution in [1.29, 1.82) is 0 Å². The number of aryl methyl sites for hydroxylation is 1. The van der Waals surface area contributed by atoms with E-state index in [0.717, 1.165) is 5.56 Å². The average Bonchev–Trinajstić information content (AvgIpc) is 2.91. The number of hydrogen-bond donors (Lipinski definition) is 0. The smallest absolute Gasteiger partial charge is 0.246 e. The number of likely N-dealkylation sites (N-methyl/N-ethyl adjacent to an activating group) is 1. The fourth-order valence-corrected chi connectivity index (χ4v) is 3.85. The molecule has 0 N–H and O–H groups in total. The summed E-state index contributed by atoms with van der Waals surface area (Å²) in [6, 6.07) is -0.212. The standard InChI is InChI=1S/C12H17N3O3S/c1-14-8-10(7-13-14)3-4-12(16)15(2)11-5-6-19(17,18)9-11/h3-4,7-8,11H,5-6,9H2,1-2H3/b4-3-/t11-/m0/s1. The molecule has 0 bridgehead atoms. The summed E-state index contributed by atoms with van der Waals surface area (Å²) >= 11 is 0. The largest absolute Gasteiger partial charge is 0.338 e. The van der Waals surface area contributed by atoms with E-state index < -0.39 is 9.84 Å². The van der Waals surface area contributed by atoms with Gasteiger partial charge in [-0.05, 0) is 12.5 Å². The molecule has 1 saturated heterocycles. The van der Waals surface area contributed by atoms with Gasteiger partial charge in [-0.2, -0.15) is 5.10 Å². The SMILES string of the molecule is CN(C(=O)/C=C\c1cnn(C)c1)[C@H]1CCS(=O)(=O)C1. The topological polar surface area (TPSA) is 72.3 Å². The van der Waals surface area contributed by atoms with Crippen molar-refractivity contribution < 1.29 is 13.2 Å². The molecule has 0 aromatic carbocycles. The molecule has 1 aromatic rings. The maximum atomic E-state index is 11.9. The summed E-state index contributed by atoms with van der Waals surface area (Å²) in [7, 11) is 0.471. The fraction of sp³-hybridized carbons (Fsp3) is 0.500. The first-order valence-corrected chi connectivity index (χ1v) is 7.83. The van der Waals surface area contributed by atoms with Gasteiger partial charge in [-0.3, -0.25) is 9.48 Å². The van der Waals surface area contributed by atoms with Crippen molar-refractivity contribution in [3.63, 3.8) is 0 Å². The van der Waals surface area contributed by atoms with Crippen LogP contribution in [-0.4, -0.2) is 53.6 Å². The van der Waals surface area contributed by atoms with Crippen LogP contribution in [0.4, 0.5) is 0 Å². The van der Waals surface area contributed by atoms with Gasteiger partial charge >= 0.3 is 0 Å². The number of amides is 1. The Labute approximate surface area is 112 Å². The molecule has 19 heavy (non-hydrogen) atoms. The Kier molecular flexibility index (Phi) is 3.75. The molecule has 104 valence electrons. The summed E-state index contributed by atoms with van der Waals surface area (Å²) < 4.78 is 24.4. The van der Waals surface area contributed by atoms with Gasteiger partial charge in [-0.1, -0.05) is 0 Å². The molecular weight excluding hydrogens is 266 g/mol. The molecule has 0 saturated carbocycles. The second-order valence-electron chi connectivity index (χ2n) is 4.79. The van der Waals surface area contributed by atoms with Crippen molar-refractivity contribution in [2.75, 3.05) is 18.6 Å². The first-order valence-electron chi connectivity index (χ1n) is 6.01. The summed E-state index contributed by atoms with van der Waals surface area (Å²) in [6.45, 7) is 0. The number of nitrogens with zero attached hydrogens (tertiary/aromatic N) is 3. The molecule has 1 fully saturated rings. The van der Waals surface area contributed by atoms with E-state index >= 15 is 0 Å². The van der Waals surface area contributed by atoms with E-state index in [1.165, 1.54) is 11.0 Å². The van der Waals surface area contributed by atoms with Crippen molar-refractivity contribution in [2.45, 2.75) is 12.5 Å². The quantitative estimate of drug-likeness (QED) is 0.736. The van der Waals surface area contributed by atoms with Crippen molar-refractivity contribution in [1.82, 2.24) is 14.7 Å². The van der Waals surface area contributed by atoms with Crippen molar-refractivity contribution in [2.24, 2.45) is 7.05 Å². The minimum absolute atomic E-state index is 0.0654. The van der Waals surface area contributed by atoms with Crippen LogP contribution in [0.2, 0.25) is 0 Å². The first kappa shape index (κ1) is 13.8. The van der Waals surface area contributed by atoms with Crippen molar-refractivity contribution in [3.8, 4) is 0 Å². The number of sulfone groups is 1. The van der Waals surface area contributed by atoms with E-state index in [4.69, 9.17) is 0 Å². The molecule has 0 radical (unpaired) electrons. The summed E-state index contributed by atoms with van der Waals surface area (Å²) in [5, 5.41) is 4.00. The lowest BCUT2D eigenvalue weighted by molar-refractivity contribution is -0.126. The van der Waals surface area contributed by atoms with Gasteiger partial charge in [0.1, 0.15) is 0 Å². The Bertz CT molecular complexity index is 603. The van der Waals surface area contributed by atoms with Crippen molar-refractivity contribution in [3.05, 3.63) is 24.0 Å². The van der Waals surface area contributed by atoms with E-state index in [-0.39, 0.29) is 23.5 Å². The number of carbonyl (C=O) groups is 1. The van der Waals surface area contributed by atoms with Crippen LogP contribution in [0.25, 0.3) is 6.08 Å². The molecule has 0 aliphatic carbocycles. The molecule has 1 aliphatic rings. The maximum Gasteiger partial charge on any atom is 0.246 e. The van der Waals surface area contributed by atoms with E-state index in [1.807, 2.05) is 0 Å². The molecule has 0 unspecified atom stereocenters. The maximum absolute atomic E-state index is 11.9. The molecular formula is C12H17N3O3S. The Balaban J connectivity index is 1.98. The number of hydrogen-bond acceptors (Lipinski definition) is 4. The Morgan fingerprint density at radius 1 is 1.58 bits per heavy atom. The highest BCUT2D eigenvalue weighted by Gasteiger charge is 2.31. The second kappa shape index (κ2) is 5.16. The van der Waals surface area contributed by atoms with Crippen LogP contribution >= 0.6 is 0 Å². The predicted molar refractivity (Wildman–Crippen MR) is 72.1 cm³/mol. The lowest BCUT2D eigenvalue weighted by Crippen LogP contribution is -2.36. The highest BCUT2D eigenvalue weighted by molar-refractivity contribution is 7.91. The van der Waals surface area contributed by atoms with Crippen LogP contribution in [-0.2, 0) is 21.7 Å². The zero-order valence-corrected chi connectivity index (χ0v) is 11.8. The molecule has 7 heteroatoms. The summed E-state index contributed by atoms with van der Waals surface area (Å²) in [5.41, 5.74) is 0.836. The van der Waals surface area contributed by atoms with E-state index in [0.29, 0.717) is 6.42 Å². The highest BCUT2D eigenvalue weighted by Crippen LogP contribution is 2.16. The summed E-state index contributed by atoms with van der Waals surface area (Å²) in [4.78, 5) is 13.4. The lowest BCUT2D eigenvalue weighted by atomic mass is 10.2. The van der Waals surface area contributed by atoms with Gasteiger partial charge in [0.15, 0.2) is 9.84 Å². The predicted octanol–water partition coefficient (Wildman–Crippen LogP) is 0.0788. The number of rotatable bonds is 3. The molecule has 2 rings (SSSR count). The lowest BCUT2D eigenvalue weighted by Gasteiger charge is -2.21. The van der Waals surface area contributed by atoms with Gasteiger partial charge in [-0.15, -0.1) is 0 Å². The van der Waals surface area contributed by atoms with E-state index in [2.05, 4.69) is 5.10 Å². The Morgan fingerprint density at radius 3 is 2.84 bits per heavy atom. The van der Waals surface area contributed by atoms with Gasteiger partial charge < -0.3 is 4.90 Å². The zero-order chi connectivity index (χ0) is 14.0. The second-order valence-corrected chi connectivity index (χ2v) is 7.02. The number of aromatic nitrogens is 2. The van der Waals surface area contributed by atoms with Crippen LogP contribution in [0.3, 0.4) is 0 Å². The van der Waals surface area contributed by atoms with Gasteiger partial charge in [0, 0.05) is 38.0 Å². The van der Waals surface area contributed by atoms with Crippen LogP contribution in [0.5, 0.6) is 0 Å². The van der Waals surface area contributed by atoms with Gasteiger partial charge in [-0.25, -0.2) is 8.42 Å². The minimum Gasteiger partial charge on any atom is -0.338 e. The van der Waals surface area contributed by atoms with Crippen LogP contribution in [0, 0.1) is 0 Å². The van der Waals surface area contributed by atoms with Gasteiger partial charge in [0.25, 0.3) is 0 Å². The summed E-state index contributed by atoms with van der Waals surface area (Å²) in [6.07, 6.45) is 7.09. The van der Waals surface area contributed by atoms with Crippen LogP contribution in [0.1, 0.15) is 12.0 Å². The normalized spacial score (nSPS) is 21.9. The third-order valence-electron chi connectivity index (χ3n) is 3.25.